The van der Waals surface area contributed by atoms with Crippen molar-refractivity contribution in [2.24, 2.45) is 4.99 Å². The van der Waals surface area contributed by atoms with Gasteiger partial charge >= 0.3 is 0 Å². The molecule has 0 saturated carbocycles. The molecule has 0 aliphatic rings. The van der Waals surface area contributed by atoms with E-state index >= 15 is 0 Å². The van der Waals surface area contributed by atoms with Crippen LogP contribution in [-0.4, -0.2) is 34.3 Å². The molecule has 0 saturated heterocycles. The predicted molar refractivity (Wildman–Crippen MR) is 109 cm³/mol. The zero-order valence-electron chi connectivity index (χ0n) is 16.1. The number of rotatable bonds is 6. The molecule has 3 rings (SSSR count). The topological polar surface area (TPSA) is 67.1 Å². The van der Waals surface area contributed by atoms with Gasteiger partial charge in [0.2, 0.25) is 0 Å². The fourth-order valence-electron chi connectivity index (χ4n) is 2.86. The first-order chi connectivity index (χ1) is 13.1. The van der Waals surface area contributed by atoms with Gasteiger partial charge in [-0.25, -0.2) is 0 Å². The number of hydrogen-bond donors (Lipinski definition) is 2. The molecular formula is C21H26N6. The van der Waals surface area contributed by atoms with Gasteiger partial charge in [0.1, 0.15) is 6.33 Å². The van der Waals surface area contributed by atoms with Crippen molar-refractivity contribution < 1.29 is 0 Å². The van der Waals surface area contributed by atoms with Crippen LogP contribution in [0.4, 0.5) is 0 Å². The molecule has 140 valence electrons. The molecular weight excluding hydrogens is 336 g/mol. The molecule has 6 heteroatoms. The van der Waals surface area contributed by atoms with Crippen molar-refractivity contribution in [2.75, 3.05) is 13.6 Å². The lowest BCUT2D eigenvalue weighted by Gasteiger charge is -2.26. The zero-order chi connectivity index (χ0) is 19.1. The Morgan fingerprint density at radius 2 is 1.67 bits per heavy atom. The molecule has 0 amide bonds. The molecule has 0 aliphatic heterocycles. The van der Waals surface area contributed by atoms with Crippen LogP contribution < -0.4 is 10.6 Å². The first-order valence-corrected chi connectivity index (χ1v) is 9.04. The molecule has 2 aromatic carbocycles. The summed E-state index contributed by atoms with van der Waals surface area (Å²) in [5, 5.41) is 15.0. The Balaban J connectivity index is 1.60. The molecule has 0 fully saturated rings. The van der Waals surface area contributed by atoms with Gasteiger partial charge in [-0.3, -0.25) is 9.56 Å². The van der Waals surface area contributed by atoms with Crippen LogP contribution in [0.3, 0.4) is 0 Å². The van der Waals surface area contributed by atoms with Crippen LogP contribution in [0.5, 0.6) is 0 Å². The monoisotopic (exact) mass is 362 g/mol. The third-order valence-electron chi connectivity index (χ3n) is 4.54. The molecule has 0 aliphatic carbocycles. The molecule has 0 spiro atoms. The van der Waals surface area contributed by atoms with E-state index in [1.807, 2.05) is 41.0 Å². The third kappa shape index (κ3) is 4.73. The lowest BCUT2D eigenvalue weighted by atomic mass is 9.85. The van der Waals surface area contributed by atoms with Gasteiger partial charge < -0.3 is 10.6 Å². The summed E-state index contributed by atoms with van der Waals surface area (Å²) >= 11 is 0. The second-order valence-corrected chi connectivity index (χ2v) is 6.98. The lowest BCUT2D eigenvalue weighted by molar-refractivity contribution is 0.508. The highest BCUT2D eigenvalue weighted by atomic mass is 15.3. The first kappa shape index (κ1) is 18.6. The normalized spacial score (nSPS) is 12.0. The largest absolute Gasteiger partial charge is 0.356 e. The molecule has 2 N–H and O–H groups in total. The number of hydrogen-bond acceptors (Lipinski definition) is 3. The van der Waals surface area contributed by atoms with E-state index in [0.29, 0.717) is 6.54 Å². The molecule has 6 nitrogen and oxygen atoms in total. The molecule has 27 heavy (non-hydrogen) atoms. The zero-order valence-corrected chi connectivity index (χ0v) is 16.1. The van der Waals surface area contributed by atoms with Crippen molar-refractivity contribution in [2.45, 2.75) is 25.8 Å². The molecule has 1 heterocycles. The van der Waals surface area contributed by atoms with E-state index in [2.05, 4.69) is 63.9 Å². The lowest BCUT2D eigenvalue weighted by Crippen LogP contribution is -2.43. The SMILES string of the molecule is CN=C(NCc1nncn1-c1ccccc1)NCC(C)(C)c1ccccc1. The average Bonchev–Trinajstić information content (AvgIpc) is 3.18. The highest BCUT2D eigenvalue weighted by Gasteiger charge is 2.20. The van der Waals surface area contributed by atoms with Crippen LogP contribution in [0.25, 0.3) is 5.69 Å². The van der Waals surface area contributed by atoms with Gasteiger partial charge in [-0.15, -0.1) is 10.2 Å². The van der Waals surface area contributed by atoms with Crippen molar-refractivity contribution in [1.82, 2.24) is 25.4 Å². The Bertz CT molecular complexity index is 868. The molecule has 0 unspecified atom stereocenters. The van der Waals surface area contributed by atoms with Gasteiger partial charge in [0.15, 0.2) is 11.8 Å². The predicted octanol–water partition coefficient (Wildman–Crippen LogP) is 2.91. The molecule has 0 atom stereocenters. The van der Waals surface area contributed by atoms with Gasteiger partial charge in [-0.1, -0.05) is 62.4 Å². The number of aliphatic imine (C=N–C) groups is 1. The number of nitrogens with one attached hydrogen (secondary N) is 2. The summed E-state index contributed by atoms with van der Waals surface area (Å²) in [6.45, 7) is 5.73. The summed E-state index contributed by atoms with van der Waals surface area (Å²) in [6, 6.07) is 20.5. The molecule has 1 aromatic heterocycles. The van der Waals surface area contributed by atoms with Crippen molar-refractivity contribution >= 4 is 5.96 Å². The van der Waals surface area contributed by atoms with Crippen molar-refractivity contribution in [3.63, 3.8) is 0 Å². The summed E-state index contributed by atoms with van der Waals surface area (Å²) in [4.78, 5) is 4.32. The van der Waals surface area contributed by atoms with Gasteiger partial charge in [-0.2, -0.15) is 0 Å². The molecule has 3 aromatic rings. The van der Waals surface area contributed by atoms with Crippen LogP contribution in [-0.2, 0) is 12.0 Å². The number of aromatic nitrogens is 3. The Morgan fingerprint density at radius 3 is 2.33 bits per heavy atom. The van der Waals surface area contributed by atoms with Crippen LogP contribution in [0.2, 0.25) is 0 Å². The third-order valence-corrected chi connectivity index (χ3v) is 4.54. The highest BCUT2D eigenvalue weighted by molar-refractivity contribution is 5.79. The standard InChI is InChI=1S/C21H26N6/c1-21(2,17-10-6-4-7-11-17)15-24-20(22-3)23-14-19-26-25-16-27(19)18-12-8-5-9-13-18/h4-13,16H,14-15H2,1-3H3,(H2,22,23,24). The first-order valence-electron chi connectivity index (χ1n) is 9.04. The second-order valence-electron chi connectivity index (χ2n) is 6.98. The Kier molecular flexibility index (Phi) is 5.86. The number of guanidine groups is 1. The Morgan fingerprint density at radius 1 is 1.00 bits per heavy atom. The minimum absolute atomic E-state index is 0.0110. The quantitative estimate of drug-likeness (QED) is 0.523. The second kappa shape index (κ2) is 8.49. The van der Waals surface area contributed by atoms with Crippen LogP contribution >= 0.6 is 0 Å². The van der Waals surface area contributed by atoms with Crippen molar-refractivity contribution in [1.29, 1.82) is 0 Å². The number of nitrogens with zero attached hydrogens (tertiary/aromatic N) is 4. The summed E-state index contributed by atoms with van der Waals surface area (Å²) < 4.78 is 1.97. The van der Waals surface area contributed by atoms with Gasteiger partial charge in [-0.05, 0) is 17.7 Å². The van der Waals surface area contributed by atoms with Gasteiger partial charge in [0.25, 0.3) is 0 Å². The minimum atomic E-state index is -0.0110. The van der Waals surface area contributed by atoms with E-state index in [4.69, 9.17) is 0 Å². The fraction of sp³-hybridized carbons (Fsp3) is 0.286. The maximum Gasteiger partial charge on any atom is 0.191 e. The van der Waals surface area contributed by atoms with Gasteiger partial charge in [0.05, 0.1) is 6.54 Å². The van der Waals surface area contributed by atoms with E-state index in [1.54, 1.807) is 13.4 Å². The fourth-order valence-corrected chi connectivity index (χ4v) is 2.86. The van der Waals surface area contributed by atoms with E-state index in [9.17, 15) is 0 Å². The number of para-hydroxylation sites is 1. The van der Waals surface area contributed by atoms with E-state index < -0.39 is 0 Å². The smallest absolute Gasteiger partial charge is 0.191 e. The highest BCUT2D eigenvalue weighted by Crippen LogP contribution is 2.21. The summed E-state index contributed by atoms with van der Waals surface area (Å²) in [7, 11) is 1.77. The maximum atomic E-state index is 4.32. The summed E-state index contributed by atoms with van der Waals surface area (Å²) in [5.41, 5.74) is 2.31. The molecule has 0 bridgehead atoms. The van der Waals surface area contributed by atoms with Crippen molar-refractivity contribution in [3.05, 3.63) is 78.4 Å². The van der Waals surface area contributed by atoms with Crippen molar-refractivity contribution in [3.8, 4) is 5.69 Å². The van der Waals surface area contributed by atoms with Crippen LogP contribution in [0.15, 0.2) is 72.0 Å². The minimum Gasteiger partial charge on any atom is -0.356 e. The Hall–Kier alpha value is -3.15. The van der Waals surface area contributed by atoms with Gasteiger partial charge in [0, 0.05) is 24.7 Å². The Labute approximate surface area is 160 Å². The van der Waals surface area contributed by atoms with E-state index in [1.165, 1.54) is 5.56 Å². The average molecular weight is 362 g/mol. The molecule has 0 radical (unpaired) electrons. The summed E-state index contributed by atoms with van der Waals surface area (Å²) in [5.74, 6) is 1.56. The van der Waals surface area contributed by atoms with E-state index in [0.717, 1.165) is 24.0 Å². The van der Waals surface area contributed by atoms with Crippen LogP contribution in [0, 0.1) is 0 Å². The van der Waals surface area contributed by atoms with Crippen LogP contribution in [0.1, 0.15) is 25.2 Å². The maximum absolute atomic E-state index is 4.32. The van der Waals surface area contributed by atoms with E-state index in [-0.39, 0.29) is 5.41 Å². The summed E-state index contributed by atoms with van der Waals surface area (Å²) in [6.07, 6.45) is 1.72. The number of benzene rings is 2.